The van der Waals surface area contributed by atoms with Crippen LogP contribution in [0.2, 0.25) is 0 Å². The molecule has 3 aromatic rings. The topological polar surface area (TPSA) is 85.6 Å². The van der Waals surface area contributed by atoms with Crippen LogP contribution in [0.1, 0.15) is 10.4 Å². The van der Waals surface area contributed by atoms with Gasteiger partial charge in [-0.25, -0.2) is 4.39 Å². The standard InChI is InChI=1S/C17H13BrFN2O4P/c1-20-17(22)15-11-7-12(18)13(21(2)26(23)24)8-14(11)25-16(15)9-3-5-10(19)6-4-9/h3-8H,1-2H3,(H,20,22). The van der Waals surface area contributed by atoms with Crippen LogP contribution in [-0.2, 0) is 4.57 Å². The number of nitrogens with zero attached hydrogens (tertiary/aromatic N) is 1. The number of hydrogen-bond acceptors (Lipinski definition) is 4. The Morgan fingerprint density at radius 3 is 2.54 bits per heavy atom. The first-order valence-corrected chi connectivity index (χ1v) is 9.38. The van der Waals surface area contributed by atoms with Gasteiger partial charge in [-0.1, -0.05) is 0 Å². The minimum Gasteiger partial charge on any atom is -0.573 e. The molecule has 1 heterocycles. The van der Waals surface area contributed by atoms with Gasteiger partial charge in [0.2, 0.25) is 0 Å². The van der Waals surface area contributed by atoms with Crippen LogP contribution in [-0.4, -0.2) is 20.0 Å². The van der Waals surface area contributed by atoms with E-state index in [0.29, 0.717) is 26.7 Å². The second-order valence-electron chi connectivity index (χ2n) is 5.45. The molecule has 0 saturated heterocycles. The van der Waals surface area contributed by atoms with Crippen LogP contribution < -0.4 is 14.9 Å². The Morgan fingerprint density at radius 1 is 1.31 bits per heavy atom. The summed E-state index contributed by atoms with van der Waals surface area (Å²) in [6.07, 6.45) is 0. The van der Waals surface area contributed by atoms with E-state index >= 15 is 0 Å². The lowest BCUT2D eigenvalue weighted by Gasteiger charge is -2.10. The molecule has 0 aliphatic carbocycles. The highest BCUT2D eigenvalue weighted by Gasteiger charge is 2.25. The van der Waals surface area contributed by atoms with Crippen molar-refractivity contribution in [2.75, 3.05) is 18.8 Å². The van der Waals surface area contributed by atoms with Gasteiger partial charge in [0.25, 0.3) is 5.91 Å². The van der Waals surface area contributed by atoms with Gasteiger partial charge in [0, 0.05) is 28.5 Å². The summed E-state index contributed by atoms with van der Waals surface area (Å²) < 4.78 is 31.9. The fourth-order valence-electron chi connectivity index (χ4n) is 2.60. The largest absolute Gasteiger partial charge is 0.573 e. The average Bonchev–Trinajstić information content (AvgIpc) is 2.98. The van der Waals surface area contributed by atoms with Crippen molar-refractivity contribution in [1.82, 2.24) is 5.32 Å². The molecule has 0 fully saturated rings. The Morgan fingerprint density at radius 2 is 1.96 bits per heavy atom. The zero-order chi connectivity index (χ0) is 19.0. The van der Waals surface area contributed by atoms with E-state index in [1.54, 1.807) is 6.07 Å². The van der Waals surface area contributed by atoms with Gasteiger partial charge in [0.1, 0.15) is 22.8 Å². The zero-order valence-corrected chi connectivity index (χ0v) is 16.2. The molecule has 1 amide bonds. The predicted molar refractivity (Wildman–Crippen MR) is 98.7 cm³/mol. The molecule has 0 radical (unpaired) electrons. The van der Waals surface area contributed by atoms with Gasteiger partial charge in [-0.3, -0.25) is 4.79 Å². The van der Waals surface area contributed by atoms with E-state index in [0.717, 1.165) is 4.67 Å². The molecule has 0 spiro atoms. The summed E-state index contributed by atoms with van der Waals surface area (Å²) in [5, 5.41) is 3.07. The SMILES string of the molecule is CNC(=O)c1c(-c2ccc(F)cc2)oc2cc(N(C)[P+](=O)[O-])c(Br)cc12. The second kappa shape index (κ2) is 7.15. The molecule has 3 rings (SSSR count). The third-order valence-electron chi connectivity index (χ3n) is 3.91. The Kier molecular flexibility index (Phi) is 5.09. The number of nitrogens with one attached hydrogen (secondary N) is 1. The van der Waals surface area contributed by atoms with E-state index in [1.807, 2.05) is 0 Å². The summed E-state index contributed by atoms with van der Waals surface area (Å²) in [5.74, 6) is -0.499. The van der Waals surface area contributed by atoms with E-state index in [4.69, 9.17) is 4.42 Å². The van der Waals surface area contributed by atoms with Crippen LogP contribution >= 0.6 is 24.1 Å². The minimum absolute atomic E-state index is 0.276. The first kappa shape index (κ1) is 18.5. The highest BCUT2D eigenvalue weighted by atomic mass is 79.9. The van der Waals surface area contributed by atoms with Gasteiger partial charge in [-0.2, -0.15) is 4.67 Å². The Balaban J connectivity index is 2.29. The van der Waals surface area contributed by atoms with Gasteiger partial charge >= 0.3 is 8.18 Å². The number of benzene rings is 2. The maximum Gasteiger partial charge on any atom is 0.439 e. The van der Waals surface area contributed by atoms with Crippen molar-refractivity contribution in [3.8, 4) is 11.3 Å². The first-order chi connectivity index (χ1) is 12.3. The summed E-state index contributed by atoms with van der Waals surface area (Å²) in [6, 6.07) is 8.72. The summed E-state index contributed by atoms with van der Waals surface area (Å²) in [4.78, 5) is 23.7. The molecule has 134 valence electrons. The quantitative estimate of drug-likeness (QED) is 0.625. The van der Waals surface area contributed by atoms with Gasteiger partial charge in [-0.05, 0) is 50.8 Å². The van der Waals surface area contributed by atoms with Crippen molar-refractivity contribution in [3.05, 3.63) is 52.3 Å². The molecule has 1 unspecified atom stereocenters. The molecule has 26 heavy (non-hydrogen) atoms. The number of hydrogen-bond donors (Lipinski definition) is 1. The smallest absolute Gasteiger partial charge is 0.439 e. The summed E-state index contributed by atoms with van der Waals surface area (Å²) in [5.41, 5.74) is 1.53. The molecular weight excluding hydrogens is 426 g/mol. The molecule has 2 aromatic carbocycles. The molecule has 0 bridgehead atoms. The van der Waals surface area contributed by atoms with Gasteiger partial charge < -0.3 is 14.6 Å². The van der Waals surface area contributed by atoms with Crippen molar-refractivity contribution >= 4 is 46.7 Å². The van der Waals surface area contributed by atoms with E-state index in [9.17, 15) is 18.6 Å². The van der Waals surface area contributed by atoms with Crippen LogP contribution in [0.15, 0.2) is 45.3 Å². The molecule has 1 atom stereocenters. The summed E-state index contributed by atoms with van der Waals surface area (Å²) in [6.45, 7) is 0. The number of carbonyl (C=O) groups is 1. The maximum absolute atomic E-state index is 13.2. The van der Waals surface area contributed by atoms with Crippen molar-refractivity contribution in [3.63, 3.8) is 0 Å². The highest BCUT2D eigenvalue weighted by molar-refractivity contribution is 9.10. The van der Waals surface area contributed by atoms with Crippen molar-refractivity contribution in [2.24, 2.45) is 0 Å². The fraction of sp³-hybridized carbons (Fsp3) is 0.118. The normalized spacial score (nSPS) is 11.5. The third-order valence-corrected chi connectivity index (χ3v) is 5.25. The minimum atomic E-state index is -2.83. The molecule has 1 N–H and O–H groups in total. The van der Waals surface area contributed by atoms with E-state index in [-0.39, 0.29) is 17.2 Å². The molecule has 0 aliphatic rings. The Bertz CT molecular complexity index is 1020. The fourth-order valence-corrected chi connectivity index (χ4v) is 3.68. The van der Waals surface area contributed by atoms with E-state index < -0.39 is 14.0 Å². The molecule has 0 saturated carbocycles. The molecule has 9 heteroatoms. The molecular formula is C17H13BrFN2O4P. The number of rotatable bonds is 4. The van der Waals surface area contributed by atoms with Crippen molar-refractivity contribution < 1.29 is 23.1 Å². The van der Waals surface area contributed by atoms with Crippen molar-refractivity contribution in [1.29, 1.82) is 0 Å². The number of amides is 1. The lowest BCUT2D eigenvalue weighted by atomic mass is 10.0. The Labute approximate surface area is 157 Å². The summed E-state index contributed by atoms with van der Waals surface area (Å²) in [7, 11) is 0.0661. The number of anilines is 1. The van der Waals surface area contributed by atoms with Gasteiger partial charge in [0.05, 0.1) is 12.6 Å². The first-order valence-electron chi connectivity index (χ1n) is 7.45. The Hall–Kier alpha value is -2.28. The molecule has 1 aromatic heterocycles. The number of furan rings is 1. The average molecular weight is 439 g/mol. The van der Waals surface area contributed by atoms with Crippen LogP contribution in [0.5, 0.6) is 0 Å². The molecule has 0 aliphatic heterocycles. The summed E-state index contributed by atoms with van der Waals surface area (Å²) >= 11 is 3.33. The maximum atomic E-state index is 13.2. The number of halogens is 2. The molecule has 6 nitrogen and oxygen atoms in total. The van der Waals surface area contributed by atoms with Crippen LogP contribution in [0, 0.1) is 5.82 Å². The predicted octanol–water partition coefficient (Wildman–Crippen LogP) is 3.81. The van der Waals surface area contributed by atoms with Crippen LogP contribution in [0.25, 0.3) is 22.3 Å². The van der Waals surface area contributed by atoms with Gasteiger partial charge in [0.15, 0.2) is 0 Å². The van der Waals surface area contributed by atoms with Crippen LogP contribution in [0.4, 0.5) is 10.1 Å². The van der Waals surface area contributed by atoms with Gasteiger partial charge in [-0.15, -0.1) is 0 Å². The van der Waals surface area contributed by atoms with Crippen LogP contribution in [0.3, 0.4) is 0 Å². The van der Waals surface area contributed by atoms with E-state index in [1.165, 1.54) is 44.4 Å². The lowest BCUT2D eigenvalue weighted by Crippen LogP contribution is -2.18. The monoisotopic (exact) mass is 438 g/mol. The second-order valence-corrected chi connectivity index (χ2v) is 7.38. The number of carbonyl (C=O) groups excluding carboxylic acids is 1. The lowest BCUT2D eigenvalue weighted by molar-refractivity contribution is -0.164. The number of fused-ring (bicyclic) bond motifs is 1. The third kappa shape index (κ3) is 3.23. The highest BCUT2D eigenvalue weighted by Crippen LogP contribution is 2.40. The van der Waals surface area contributed by atoms with Crippen molar-refractivity contribution in [2.45, 2.75) is 0 Å². The zero-order valence-electron chi connectivity index (χ0n) is 13.7. The van der Waals surface area contributed by atoms with E-state index in [2.05, 4.69) is 21.2 Å².